The van der Waals surface area contributed by atoms with Crippen molar-refractivity contribution in [3.05, 3.63) is 58.7 Å². The molecule has 2 atom stereocenters. The van der Waals surface area contributed by atoms with E-state index in [0.29, 0.717) is 12.0 Å². The van der Waals surface area contributed by atoms with Gasteiger partial charge in [0, 0.05) is 29.7 Å². The van der Waals surface area contributed by atoms with Crippen LogP contribution in [-0.4, -0.2) is 11.0 Å². The van der Waals surface area contributed by atoms with Crippen molar-refractivity contribution in [1.82, 2.24) is 4.98 Å². The van der Waals surface area contributed by atoms with Gasteiger partial charge in [-0.3, -0.25) is 0 Å². The minimum absolute atomic E-state index is 0. The Balaban J connectivity index is 0.00000147. The molecule has 0 aliphatic heterocycles. The van der Waals surface area contributed by atoms with Gasteiger partial charge in [0.15, 0.2) is 0 Å². The van der Waals surface area contributed by atoms with Gasteiger partial charge in [0.2, 0.25) is 0 Å². The van der Waals surface area contributed by atoms with Gasteiger partial charge in [0.1, 0.15) is 5.82 Å². The first kappa shape index (κ1) is 15.1. The summed E-state index contributed by atoms with van der Waals surface area (Å²) >= 11 is 5.95. The van der Waals surface area contributed by atoms with Crippen molar-refractivity contribution < 1.29 is 0 Å². The van der Waals surface area contributed by atoms with Gasteiger partial charge in [-0.2, -0.15) is 0 Å². The number of aromatic nitrogens is 1. The first-order valence-corrected chi connectivity index (χ1v) is 6.80. The SMILES string of the molecule is Cl.N[C@H]1C[C@@H]1c1ccc(NCc2cccc(Cl)c2)nc1. The Morgan fingerprint density at radius 2 is 2.10 bits per heavy atom. The number of hydrogen-bond donors (Lipinski definition) is 2. The van der Waals surface area contributed by atoms with Crippen molar-refractivity contribution in [3.8, 4) is 0 Å². The van der Waals surface area contributed by atoms with Crippen LogP contribution in [0.4, 0.5) is 5.82 Å². The van der Waals surface area contributed by atoms with E-state index in [4.69, 9.17) is 17.3 Å². The topological polar surface area (TPSA) is 50.9 Å². The second-order valence-electron chi connectivity index (χ2n) is 4.97. The normalized spacial score (nSPS) is 20.1. The maximum Gasteiger partial charge on any atom is 0.126 e. The molecule has 3 nitrogen and oxygen atoms in total. The average Bonchev–Trinajstić information content (AvgIpc) is 3.14. The van der Waals surface area contributed by atoms with Gasteiger partial charge in [-0.05, 0) is 35.7 Å². The number of hydrogen-bond acceptors (Lipinski definition) is 3. The van der Waals surface area contributed by atoms with Crippen LogP contribution in [0.5, 0.6) is 0 Å². The lowest BCUT2D eigenvalue weighted by Gasteiger charge is -2.07. The van der Waals surface area contributed by atoms with Gasteiger partial charge in [0.05, 0.1) is 0 Å². The number of rotatable bonds is 4. The van der Waals surface area contributed by atoms with E-state index in [1.807, 2.05) is 36.5 Å². The standard InChI is InChI=1S/C15H16ClN3.ClH/c16-12-3-1-2-10(6-12)8-18-15-5-4-11(9-19-15)13-7-14(13)17;/h1-6,9,13-14H,7-8,17H2,(H,18,19);1H/t13-,14+;/m1./s1. The third-order valence-corrected chi connectivity index (χ3v) is 3.65. The molecule has 0 amide bonds. The Hall–Kier alpha value is -1.29. The van der Waals surface area contributed by atoms with Crippen molar-refractivity contribution in [1.29, 1.82) is 0 Å². The maximum atomic E-state index is 5.95. The molecule has 1 aliphatic carbocycles. The fourth-order valence-corrected chi connectivity index (χ4v) is 2.38. The summed E-state index contributed by atoms with van der Waals surface area (Å²) in [6, 6.07) is 12.2. The number of nitrogens with zero attached hydrogens (tertiary/aromatic N) is 1. The van der Waals surface area contributed by atoms with Crippen LogP contribution >= 0.6 is 24.0 Å². The lowest BCUT2D eigenvalue weighted by Crippen LogP contribution is -2.03. The lowest BCUT2D eigenvalue weighted by molar-refractivity contribution is 0.978. The van der Waals surface area contributed by atoms with Crippen molar-refractivity contribution in [2.75, 3.05) is 5.32 Å². The molecule has 1 aromatic heterocycles. The second kappa shape index (κ2) is 6.44. The van der Waals surface area contributed by atoms with E-state index in [9.17, 15) is 0 Å². The lowest BCUT2D eigenvalue weighted by atomic mass is 10.2. The molecule has 1 saturated carbocycles. The predicted octanol–water partition coefficient (Wildman–Crippen LogP) is 3.58. The molecule has 0 bridgehead atoms. The summed E-state index contributed by atoms with van der Waals surface area (Å²) < 4.78 is 0. The molecule has 20 heavy (non-hydrogen) atoms. The molecule has 3 N–H and O–H groups in total. The van der Waals surface area contributed by atoms with E-state index in [0.717, 1.165) is 29.4 Å². The zero-order valence-corrected chi connectivity index (χ0v) is 12.5. The molecule has 0 radical (unpaired) electrons. The fourth-order valence-electron chi connectivity index (χ4n) is 2.17. The highest BCUT2D eigenvalue weighted by Crippen LogP contribution is 2.38. The average molecular weight is 310 g/mol. The molecule has 0 unspecified atom stereocenters. The number of nitrogens with two attached hydrogens (primary N) is 1. The summed E-state index contributed by atoms with van der Waals surface area (Å²) in [6.45, 7) is 0.718. The maximum absolute atomic E-state index is 5.95. The molecule has 106 valence electrons. The monoisotopic (exact) mass is 309 g/mol. The quantitative estimate of drug-likeness (QED) is 0.907. The molecule has 1 fully saturated rings. The molecule has 3 rings (SSSR count). The van der Waals surface area contributed by atoms with Crippen molar-refractivity contribution >= 4 is 29.8 Å². The van der Waals surface area contributed by atoms with Gasteiger partial charge in [-0.25, -0.2) is 4.98 Å². The van der Waals surface area contributed by atoms with Crippen LogP contribution in [0.1, 0.15) is 23.5 Å². The Bertz CT molecular complexity index is 572. The smallest absolute Gasteiger partial charge is 0.126 e. The molecule has 5 heteroatoms. The predicted molar refractivity (Wildman–Crippen MR) is 85.6 cm³/mol. The zero-order valence-electron chi connectivity index (χ0n) is 10.9. The number of halogens is 2. The van der Waals surface area contributed by atoms with Crippen molar-refractivity contribution in [2.24, 2.45) is 5.73 Å². The van der Waals surface area contributed by atoms with E-state index in [1.165, 1.54) is 5.56 Å². The molecule has 1 aromatic carbocycles. The van der Waals surface area contributed by atoms with Crippen molar-refractivity contribution in [3.63, 3.8) is 0 Å². The zero-order chi connectivity index (χ0) is 13.2. The summed E-state index contributed by atoms with van der Waals surface area (Å²) in [5.74, 6) is 1.38. The van der Waals surface area contributed by atoms with Gasteiger partial charge in [-0.1, -0.05) is 29.8 Å². The van der Waals surface area contributed by atoms with Crippen LogP contribution in [0.3, 0.4) is 0 Å². The third-order valence-electron chi connectivity index (χ3n) is 3.42. The van der Waals surface area contributed by atoms with Gasteiger partial charge < -0.3 is 11.1 Å². The summed E-state index contributed by atoms with van der Waals surface area (Å²) in [6.07, 6.45) is 2.99. The molecule has 1 aliphatic rings. The summed E-state index contributed by atoms with van der Waals surface area (Å²) in [7, 11) is 0. The second-order valence-corrected chi connectivity index (χ2v) is 5.40. The minimum Gasteiger partial charge on any atom is -0.366 e. The molecule has 2 aromatic rings. The number of benzene rings is 1. The Morgan fingerprint density at radius 1 is 1.30 bits per heavy atom. The highest BCUT2D eigenvalue weighted by atomic mass is 35.5. The van der Waals surface area contributed by atoms with E-state index < -0.39 is 0 Å². The third kappa shape index (κ3) is 3.63. The minimum atomic E-state index is 0. The van der Waals surface area contributed by atoms with Crippen LogP contribution < -0.4 is 11.1 Å². The number of pyridine rings is 1. The van der Waals surface area contributed by atoms with Crippen LogP contribution in [-0.2, 0) is 6.54 Å². The molecule has 0 saturated heterocycles. The summed E-state index contributed by atoms with van der Waals surface area (Å²) in [5, 5.41) is 4.04. The van der Waals surface area contributed by atoms with E-state index in [1.54, 1.807) is 0 Å². The molecular formula is C15H17Cl2N3. The van der Waals surface area contributed by atoms with Gasteiger partial charge >= 0.3 is 0 Å². The Morgan fingerprint density at radius 3 is 2.70 bits per heavy atom. The van der Waals surface area contributed by atoms with Crippen LogP contribution in [0, 0.1) is 0 Å². The Labute approximate surface area is 130 Å². The Kier molecular flexibility index (Phi) is 4.86. The largest absolute Gasteiger partial charge is 0.366 e. The first-order valence-electron chi connectivity index (χ1n) is 6.42. The van der Waals surface area contributed by atoms with E-state index in [-0.39, 0.29) is 12.4 Å². The van der Waals surface area contributed by atoms with Crippen LogP contribution in [0.15, 0.2) is 42.6 Å². The first-order chi connectivity index (χ1) is 9.22. The molecule has 1 heterocycles. The van der Waals surface area contributed by atoms with Crippen molar-refractivity contribution in [2.45, 2.75) is 24.9 Å². The summed E-state index contributed by atoms with van der Waals surface area (Å²) in [4.78, 5) is 4.41. The molecule has 0 spiro atoms. The highest BCUT2D eigenvalue weighted by molar-refractivity contribution is 6.30. The van der Waals surface area contributed by atoms with Crippen LogP contribution in [0.25, 0.3) is 0 Å². The number of nitrogens with one attached hydrogen (secondary N) is 1. The van der Waals surface area contributed by atoms with E-state index >= 15 is 0 Å². The fraction of sp³-hybridized carbons (Fsp3) is 0.267. The van der Waals surface area contributed by atoms with Gasteiger partial charge in [0.25, 0.3) is 0 Å². The van der Waals surface area contributed by atoms with Gasteiger partial charge in [-0.15, -0.1) is 12.4 Å². The summed E-state index contributed by atoms with van der Waals surface area (Å²) in [5.41, 5.74) is 8.21. The number of anilines is 1. The molecular weight excluding hydrogens is 293 g/mol. The van der Waals surface area contributed by atoms with E-state index in [2.05, 4.69) is 16.4 Å². The highest BCUT2D eigenvalue weighted by Gasteiger charge is 2.34. The van der Waals surface area contributed by atoms with Crippen LogP contribution in [0.2, 0.25) is 5.02 Å².